The van der Waals surface area contributed by atoms with Gasteiger partial charge < -0.3 is 14.5 Å². The van der Waals surface area contributed by atoms with Crippen LogP contribution in [0.15, 0.2) is 52.9 Å². The summed E-state index contributed by atoms with van der Waals surface area (Å²) < 4.78 is 11.2. The number of aryl methyl sites for hydroxylation is 2. The second kappa shape index (κ2) is 7.85. The van der Waals surface area contributed by atoms with E-state index < -0.39 is 0 Å². The SMILES string of the molecule is Cc1cc(C)cc(NC(=O)c2ccc(COc3ccc(Cl)cc3Cl)o2)c1. The molecule has 26 heavy (non-hydrogen) atoms. The monoisotopic (exact) mass is 389 g/mol. The Labute approximate surface area is 161 Å². The number of rotatable bonds is 5. The molecule has 0 spiro atoms. The molecule has 1 amide bonds. The number of furan rings is 1. The lowest BCUT2D eigenvalue weighted by Gasteiger charge is -2.07. The van der Waals surface area contributed by atoms with Gasteiger partial charge in [-0.1, -0.05) is 29.3 Å². The Morgan fingerprint density at radius 3 is 2.46 bits per heavy atom. The van der Waals surface area contributed by atoms with Crippen molar-refractivity contribution >= 4 is 34.8 Å². The van der Waals surface area contributed by atoms with Gasteiger partial charge in [-0.05, 0) is 67.4 Å². The van der Waals surface area contributed by atoms with Gasteiger partial charge in [0.25, 0.3) is 5.91 Å². The van der Waals surface area contributed by atoms with E-state index in [1.807, 2.05) is 32.0 Å². The zero-order valence-corrected chi connectivity index (χ0v) is 15.8. The number of nitrogens with one attached hydrogen (secondary N) is 1. The first-order valence-electron chi connectivity index (χ1n) is 7.97. The number of carbonyl (C=O) groups is 1. The van der Waals surface area contributed by atoms with Crippen LogP contribution in [0.25, 0.3) is 0 Å². The second-order valence-electron chi connectivity index (χ2n) is 5.96. The molecule has 0 saturated heterocycles. The van der Waals surface area contributed by atoms with E-state index in [0.717, 1.165) is 16.8 Å². The van der Waals surface area contributed by atoms with Gasteiger partial charge in [0.15, 0.2) is 5.76 Å². The average Bonchev–Trinajstić information content (AvgIpc) is 3.02. The van der Waals surface area contributed by atoms with Gasteiger partial charge in [-0.25, -0.2) is 0 Å². The summed E-state index contributed by atoms with van der Waals surface area (Å²) in [7, 11) is 0. The average molecular weight is 390 g/mol. The maximum atomic E-state index is 12.3. The second-order valence-corrected chi connectivity index (χ2v) is 6.80. The molecule has 0 unspecified atom stereocenters. The van der Waals surface area contributed by atoms with Crippen LogP contribution in [0, 0.1) is 13.8 Å². The molecule has 1 aromatic heterocycles. The first-order chi connectivity index (χ1) is 12.4. The van der Waals surface area contributed by atoms with Crippen LogP contribution in [-0.2, 0) is 6.61 Å². The Balaban J connectivity index is 1.64. The van der Waals surface area contributed by atoms with E-state index in [0.29, 0.717) is 21.6 Å². The summed E-state index contributed by atoms with van der Waals surface area (Å²) >= 11 is 11.9. The minimum absolute atomic E-state index is 0.151. The molecule has 0 aliphatic carbocycles. The van der Waals surface area contributed by atoms with E-state index >= 15 is 0 Å². The minimum Gasteiger partial charge on any atom is -0.484 e. The molecule has 6 heteroatoms. The molecule has 0 aliphatic rings. The molecule has 4 nitrogen and oxygen atoms in total. The first-order valence-corrected chi connectivity index (χ1v) is 8.72. The topological polar surface area (TPSA) is 51.5 Å². The van der Waals surface area contributed by atoms with Crippen LogP contribution < -0.4 is 10.1 Å². The number of ether oxygens (including phenoxy) is 1. The fourth-order valence-corrected chi connectivity index (χ4v) is 3.02. The molecule has 3 aromatic rings. The molecule has 0 radical (unpaired) electrons. The Morgan fingerprint density at radius 1 is 1.04 bits per heavy atom. The Morgan fingerprint density at radius 2 is 1.77 bits per heavy atom. The van der Waals surface area contributed by atoms with Crippen molar-refractivity contribution in [3.63, 3.8) is 0 Å². The summed E-state index contributed by atoms with van der Waals surface area (Å²) in [6, 6.07) is 14.1. The maximum absolute atomic E-state index is 12.3. The van der Waals surface area contributed by atoms with Crippen molar-refractivity contribution in [1.82, 2.24) is 0 Å². The van der Waals surface area contributed by atoms with E-state index in [1.165, 1.54) is 0 Å². The van der Waals surface area contributed by atoms with Crippen LogP contribution >= 0.6 is 23.2 Å². The zero-order valence-electron chi connectivity index (χ0n) is 14.3. The van der Waals surface area contributed by atoms with Crippen molar-refractivity contribution in [3.8, 4) is 5.75 Å². The molecule has 3 rings (SSSR count). The van der Waals surface area contributed by atoms with Crippen molar-refractivity contribution in [1.29, 1.82) is 0 Å². The van der Waals surface area contributed by atoms with Gasteiger partial charge in [-0.15, -0.1) is 0 Å². The summed E-state index contributed by atoms with van der Waals surface area (Å²) in [5, 5.41) is 3.78. The third-order valence-electron chi connectivity index (χ3n) is 3.63. The molecule has 2 aromatic carbocycles. The van der Waals surface area contributed by atoms with E-state index in [4.69, 9.17) is 32.4 Å². The normalized spacial score (nSPS) is 10.6. The van der Waals surface area contributed by atoms with Gasteiger partial charge in [-0.2, -0.15) is 0 Å². The van der Waals surface area contributed by atoms with Crippen molar-refractivity contribution < 1.29 is 13.9 Å². The lowest BCUT2D eigenvalue weighted by atomic mass is 10.1. The van der Waals surface area contributed by atoms with Crippen molar-refractivity contribution in [2.45, 2.75) is 20.5 Å². The van der Waals surface area contributed by atoms with Crippen LogP contribution in [0.5, 0.6) is 5.75 Å². The molecule has 134 valence electrons. The number of benzene rings is 2. The van der Waals surface area contributed by atoms with Gasteiger partial charge in [0.2, 0.25) is 0 Å². The summed E-state index contributed by atoms with van der Waals surface area (Å²) in [4.78, 5) is 12.3. The predicted octanol–water partition coefficient (Wildman–Crippen LogP) is 6.03. The molecule has 0 fully saturated rings. The first kappa shape index (κ1) is 18.4. The third kappa shape index (κ3) is 4.59. The molecule has 1 heterocycles. The Kier molecular flexibility index (Phi) is 5.55. The maximum Gasteiger partial charge on any atom is 0.291 e. The van der Waals surface area contributed by atoms with Crippen LogP contribution in [0.1, 0.15) is 27.4 Å². The number of carbonyl (C=O) groups excluding carboxylic acids is 1. The Bertz CT molecular complexity index is 930. The molecule has 0 saturated carbocycles. The van der Waals surface area contributed by atoms with Gasteiger partial charge in [0.1, 0.15) is 18.1 Å². The summed E-state index contributed by atoms with van der Waals surface area (Å²) in [6.07, 6.45) is 0. The summed E-state index contributed by atoms with van der Waals surface area (Å²) in [5.41, 5.74) is 2.89. The molecule has 0 atom stereocenters. The number of hydrogen-bond donors (Lipinski definition) is 1. The van der Waals surface area contributed by atoms with Crippen molar-refractivity contribution in [2.24, 2.45) is 0 Å². The third-order valence-corrected chi connectivity index (χ3v) is 4.16. The number of halogens is 2. The highest BCUT2D eigenvalue weighted by Gasteiger charge is 2.13. The standard InChI is InChI=1S/C20H17Cl2NO3/c1-12-7-13(2)9-15(8-12)23-20(24)19-6-4-16(26-19)11-25-18-5-3-14(21)10-17(18)22/h3-10H,11H2,1-2H3,(H,23,24). The number of hydrogen-bond acceptors (Lipinski definition) is 3. The molecule has 0 aliphatic heterocycles. The fraction of sp³-hybridized carbons (Fsp3) is 0.150. The van der Waals surface area contributed by atoms with Crippen molar-refractivity contribution in [2.75, 3.05) is 5.32 Å². The highest BCUT2D eigenvalue weighted by Crippen LogP contribution is 2.28. The van der Waals surface area contributed by atoms with E-state index in [-0.39, 0.29) is 18.3 Å². The number of amides is 1. The smallest absolute Gasteiger partial charge is 0.291 e. The molecule has 0 bridgehead atoms. The lowest BCUT2D eigenvalue weighted by Crippen LogP contribution is -2.11. The molecular weight excluding hydrogens is 373 g/mol. The highest BCUT2D eigenvalue weighted by atomic mass is 35.5. The quantitative estimate of drug-likeness (QED) is 0.578. The van der Waals surface area contributed by atoms with Crippen LogP contribution in [0.4, 0.5) is 5.69 Å². The summed E-state index contributed by atoms with van der Waals surface area (Å²) in [6.45, 7) is 4.11. The van der Waals surface area contributed by atoms with E-state index in [9.17, 15) is 4.79 Å². The number of anilines is 1. The van der Waals surface area contributed by atoms with E-state index in [1.54, 1.807) is 30.3 Å². The van der Waals surface area contributed by atoms with Crippen LogP contribution in [0.3, 0.4) is 0 Å². The van der Waals surface area contributed by atoms with Crippen molar-refractivity contribution in [3.05, 3.63) is 81.2 Å². The fourth-order valence-electron chi connectivity index (χ4n) is 2.56. The summed E-state index contributed by atoms with van der Waals surface area (Å²) in [5.74, 6) is 0.908. The van der Waals surface area contributed by atoms with Gasteiger partial charge in [0, 0.05) is 10.7 Å². The lowest BCUT2D eigenvalue weighted by molar-refractivity contribution is 0.0992. The zero-order chi connectivity index (χ0) is 18.7. The van der Waals surface area contributed by atoms with Crippen LogP contribution in [0.2, 0.25) is 10.0 Å². The molecular formula is C20H17Cl2NO3. The minimum atomic E-state index is -0.314. The Hall–Kier alpha value is -2.43. The van der Waals surface area contributed by atoms with Crippen LogP contribution in [-0.4, -0.2) is 5.91 Å². The largest absolute Gasteiger partial charge is 0.484 e. The highest BCUT2D eigenvalue weighted by molar-refractivity contribution is 6.35. The van der Waals surface area contributed by atoms with E-state index in [2.05, 4.69) is 5.32 Å². The van der Waals surface area contributed by atoms with Gasteiger partial charge in [-0.3, -0.25) is 4.79 Å². The van der Waals surface area contributed by atoms with Gasteiger partial charge in [0.05, 0.1) is 5.02 Å². The molecule has 1 N–H and O–H groups in total. The van der Waals surface area contributed by atoms with Gasteiger partial charge >= 0.3 is 0 Å². The predicted molar refractivity (Wildman–Crippen MR) is 103 cm³/mol.